The van der Waals surface area contributed by atoms with E-state index in [0.717, 1.165) is 19.3 Å². The van der Waals surface area contributed by atoms with E-state index in [4.69, 9.17) is 11.6 Å². The van der Waals surface area contributed by atoms with Crippen LogP contribution in [-0.2, 0) is 4.79 Å². The number of carbonyl (C=O) groups excluding carboxylic acids is 1. The molecule has 0 aromatic carbocycles. The van der Waals surface area contributed by atoms with Crippen molar-refractivity contribution in [2.45, 2.75) is 77.6 Å². The Hall–Kier alpha value is -0.480. The van der Waals surface area contributed by atoms with Crippen LogP contribution in [0.25, 0.3) is 0 Å². The molecule has 0 saturated carbocycles. The molecule has 0 saturated heterocycles. The highest BCUT2D eigenvalue weighted by atomic mass is 35.5. The van der Waals surface area contributed by atoms with Crippen LogP contribution in [-0.4, -0.2) is 5.24 Å². The maximum Gasteiger partial charge on any atom is 0.221 e. The van der Waals surface area contributed by atoms with Crippen molar-refractivity contribution in [2.24, 2.45) is 0 Å². The molecular weight excluding hydrogens is 232 g/mol. The van der Waals surface area contributed by atoms with Crippen molar-refractivity contribution < 1.29 is 4.79 Å². The lowest BCUT2D eigenvalue weighted by molar-refractivity contribution is -0.111. The van der Waals surface area contributed by atoms with E-state index in [0.29, 0.717) is 6.42 Å². The Morgan fingerprint density at radius 2 is 1.35 bits per heavy atom. The van der Waals surface area contributed by atoms with Crippen molar-refractivity contribution in [1.29, 1.82) is 0 Å². The van der Waals surface area contributed by atoms with E-state index in [9.17, 15) is 4.79 Å². The first-order valence-corrected chi connectivity index (χ1v) is 7.23. The van der Waals surface area contributed by atoms with Crippen molar-refractivity contribution in [3.8, 4) is 11.8 Å². The van der Waals surface area contributed by atoms with Crippen LogP contribution in [0, 0.1) is 11.8 Å². The van der Waals surface area contributed by atoms with Crippen LogP contribution in [0.15, 0.2) is 0 Å². The van der Waals surface area contributed by atoms with Gasteiger partial charge < -0.3 is 0 Å². The van der Waals surface area contributed by atoms with Gasteiger partial charge in [0.15, 0.2) is 0 Å². The van der Waals surface area contributed by atoms with Gasteiger partial charge in [0, 0.05) is 12.8 Å². The predicted octanol–water partition coefficient (Wildman–Crippen LogP) is 5.07. The van der Waals surface area contributed by atoms with Crippen LogP contribution in [0.2, 0.25) is 0 Å². The molecule has 0 aromatic heterocycles. The lowest BCUT2D eigenvalue weighted by Crippen LogP contribution is -1.86. The molecule has 0 fully saturated rings. The van der Waals surface area contributed by atoms with Gasteiger partial charge in [-0.05, 0) is 31.4 Å². The minimum atomic E-state index is -0.194. The second kappa shape index (κ2) is 13.6. The summed E-state index contributed by atoms with van der Waals surface area (Å²) >= 11 is 5.26. The summed E-state index contributed by atoms with van der Waals surface area (Å²) in [4.78, 5) is 10.5. The third-order valence-corrected chi connectivity index (χ3v) is 3.04. The van der Waals surface area contributed by atoms with E-state index >= 15 is 0 Å². The summed E-state index contributed by atoms with van der Waals surface area (Å²) in [6.07, 6.45) is 12.8. The molecule has 0 bridgehead atoms. The van der Waals surface area contributed by atoms with Gasteiger partial charge >= 0.3 is 0 Å². The first kappa shape index (κ1) is 16.5. The average Bonchev–Trinajstić information content (AvgIpc) is 2.30. The molecule has 0 spiro atoms. The van der Waals surface area contributed by atoms with Crippen LogP contribution >= 0.6 is 11.6 Å². The normalized spacial score (nSPS) is 9.76. The molecule has 0 aliphatic heterocycles. The Balaban J connectivity index is 2.98. The summed E-state index contributed by atoms with van der Waals surface area (Å²) < 4.78 is 0. The number of rotatable bonds is 11. The largest absolute Gasteiger partial charge is 0.281 e. The molecule has 0 rings (SSSR count). The van der Waals surface area contributed by atoms with Gasteiger partial charge in [-0.3, -0.25) is 4.79 Å². The lowest BCUT2D eigenvalue weighted by atomic mass is 10.1. The zero-order valence-corrected chi connectivity index (χ0v) is 11.8. The number of hydrogen-bond donors (Lipinski definition) is 0. The van der Waals surface area contributed by atoms with Crippen molar-refractivity contribution in [1.82, 2.24) is 0 Å². The fourth-order valence-corrected chi connectivity index (χ4v) is 1.97. The van der Waals surface area contributed by atoms with Crippen LogP contribution in [0.5, 0.6) is 0 Å². The third-order valence-electron chi connectivity index (χ3n) is 2.85. The molecule has 0 amide bonds. The van der Waals surface area contributed by atoms with E-state index in [1.165, 1.54) is 44.9 Å². The first-order valence-electron chi connectivity index (χ1n) is 6.85. The number of unbranched alkanes of at least 4 members (excludes halogenated alkanes) is 9. The molecule has 0 aliphatic rings. The van der Waals surface area contributed by atoms with Crippen LogP contribution < -0.4 is 0 Å². The smallest absolute Gasteiger partial charge is 0.221 e. The summed E-state index contributed by atoms with van der Waals surface area (Å²) in [6.45, 7) is 1.90. The van der Waals surface area contributed by atoms with Gasteiger partial charge in [-0.25, -0.2) is 0 Å². The van der Waals surface area contributed by atoms with Gasteiger partial charge in [-0.2, -0.15) is 0 Å². The van der Waals surface area contributed by atoms with Crippen molar-refractivity contribution in [3.63, 3.8) is 0 Å². The quantitative estimate of drug-likeness (QED) is 0.287. The Bertz CT molecular complexity index is 237. The van der Waals surface area contributed by atoms with Crippen LogP contribution in [0.4, 0.5) is 0 Å². The molecule has 1 nitrogen and oxygen atoms in total. The zero-order valence-electron chi connectivity index (χ0n) is 11.1. The molecule has 0 aliphatic carbocycles. The van der Waals surface area contributed by atoms with E-state index in [1.54, 1.807) is 0 Å². The van der Waals surface area contributed by atoms with Gasteiger partial charge in [-0.15, -0.1) is 11.8 Å². The van der Waals surface area contributed by atoms with E-state index < -0.39 is 0 Å². The van der Waals surface area contributed by atoms with Crippen LogP contribution in [0.3, 0.4) is 0 Å². The van der Waals surface area contributed by atoms with Crippen molar-refractivity contribution in [3.05, 3.63) is 0 Å². The van der Waals surface area contributed by atoms with E-state index in [1.807, 2.05) is 6.92 Å². The minimum Gasteiger partial charge on any atom is -0.281 e. The van der Waals surface area contributed by atoms with Gasteiger partial charge in [-0.1, -0.05) is 44.9 Å². The molecule has 0 radical (unpaired) electrons. The minimum absolute atomic E-state index is 0.194. The molecule has 0 N–H and O–H groups in total. The first-order chi connectivity index (χ1) is 8.27. The highest BCUT2D eigenvalue weighted by molar-refractivity contribution is 6.63. The molecule has 17 heavy (non-hydrogen) atoms. The Morgan fingerprint density at radius 3 is 1.82 bits per heavy atom. The molecule has 0 atom stereocenters. The number of carbonyl (C=O) groups is 1. The molecule has 0 aromatic rings. The molecular formula is C15H25ClO. The van der Waals surface area contributed by atoms with Crippen LogP contribution in [0.1, 0.15) is 77.6 Å². The fraction of sp³-hybridized carbons (Fsp3) is 0.800. The van der Waals surface area contributed by atoms with Crippen molar-refractivity contribution >= 4 is 16.8 Å². The van der Waals surface area contributed by atoms with Gasteiger partial charge in [0.1, 0.15) is 0 Å². The second-order valence-corrected chi connectivity index (χ2v) is 4.89. The molecule has 2 heteroatoms. The highest BCUT2D eigenvalue weighted by Gasteiger charge is 1.96. The predicted molar refractivity (Wildman–Crippen MR) is 75.1 cm³/mol. The average molecular weight is 257 g/mol. The number of hydrogen-bond acceptors (Lipinski definition) is 1. The Labute approximate surface area is 111 Å². The summed E-state index contributed by atoms with van der Waals surface area (Å²) in [7, 11) is 0. The fourth-order valence-electron chi connectivity index (χ4n) is 1.84. The van der Waals surface area contributed by atoms with E-state index in [2.05, 4.69) is 11.8 Å². The molecule has 0 heterocycles. The SMILES string of the molecule is CC#CCCCCCCCCCCCC(=O)Cl. The maximum absolute atomic E-state index is 10.5. The van der Waals surface area contributed by atoms with Gasteiger partial charge in [0.05, 0.1) is 0 Å². The lowest BCUT2D eigenvalue weighted by Gasteiger charge is -2.01. The van der Waals surface area contributed by atoms with Gasteiger partial charge in [0.2, 0.25) is 5.24 Å². The second-order valence-electron chi connectivity index (χ2n) is 4.46. The Morgan fingerprint density at radius 1 is 0.882 bits per heavy atom. The summed E-state index contributed by atoms with van der Waals surface area (Å²) in [5, 5.41) is -0.194. The standard InChI is InChI=1S/C15H25ClO/c1-2-3-4-5-6-7-8-9-10-11-12-13-14-15(16)17/h4-14H2,1H3. The zero-order chi connectivity index (χ0) is 12.8. The monoisotopic (exact) mass is 256 g/mol. The third kappa shape index (κ3) is 15.5. The maximum atomic E-state index is 10.5. The summed E-state index contributed by atoms with van der Waals surface area (Å²) in [5.74, 6) is 6.02. The highest BCUT2D eigenvalue weighted by Crippen LogP contribution is 2.11. The van der Waals surface area contributed by atoms with Crippen molar-refractivity contribution in [2.75, 3.05) is 0 Å². The van der Waals surface area contributed by atoms with E-state index in [-0.39, 0.29) is 5.24 Å². The molecule has 98 valence electrons. The summed E-state index contributed by atoms with van der Waals surface area (Å²) in [6, 6.07) is 0. The Kier molecular flexibility index (Phi) is 13.2. The topological polar surface area (TPSA) is 17.1 Å². The summed E-state index contributed by atoms with van der Waals surface area (Å²) in [5.41, 5.74) is 0. The molecule has 0 unspecified atom stereocenters. The van der Waals surface area contributed by atoms with Gasteiger partial charge in [0.25, 0.3) is 0 Å². The number of halogens is 1.